The molecule has 1 saturated heterocycles. The Labute approximate surface area is 209 Å². The lowest BCUT2D eigenvalue weighted by Crippen LogP contribution is -2.48. The number of carbonyl (C=O) groups is 1. The summed E-state index contributed by atoms with van der Waals surface area (Å²) >= 11 is 0. The fraction of sp³-hybridized carbons (Fsp3) is 0.370. The molecule has 4 heterocycles. The molecule has 0 N–H and O–H groups in total. The van der Waals surface area contributed by atoms with Crippen LogP contribution in [0.15, 0.2) is 42.7 Å². The standard InChI is InChI=1S/C27H30FN5O3/c1-17-15-32-16-18(14-21(28)25(32)29-17)19-6-8-22(20-7-9-23(35-5)30-24(19)20)31-10-12-33(13-11-31)36-26(34)27(2,3)4/h6-9,14-16H,10-13H2,1-5H3. The van der Waals surface area contributed by atoms with Crippen molar-refractivity contribution in [3.05, 3.63) is 54.2 Å². The van der Waals surface area contributed by atoms with Crippen LogP contribution < -0.4 is 9.64 Å². The van der Waals surface area contributed by atoms with Crippen molar-refractivity contribution >= 4 is 28.2 Å². The lowest BCUT2D eigenvalue weighted by Gasteiger charge is -2.36. The van der Waals surface area contributed by atoms with Gasteiger partial charge in [-0.25, -0.2) is 19.2 Å². The molecule has 0 unspecified atom stereocenters. The molecule has 188 valence electrons. The SMILES string of the molecule is COc1ccc2c(N3CCN(OC(=O)C(C)(C)C)CC3)ccc(-c3cc(F)c4nc(C)cn4c3)c2n1. The van der Waals surface area contributed by atoms with Gasteiger partial charge in [0.1, 0.15) is 0 Å². The van der Waals surface area contributed by atoms with Crippen LogP contribution in [0.5, 0.6) is 5.88 Å². The van der Waals surface area contributed by atoms with Gasteiger partial charge in [0.2, 0.25) is 5.88 Å². The van der Waals surface area contributed by atoms with Crippen molar-refractivity contribution in [1.29, 1.82) is 0 Å². The zero-order valence-electron chi connectivity index (χ0n) is 21.2. The van der Waals surface area contributed by atoms with Crippen molar-refractivity contribution in [2.24, 2.45) is 5.41 Å². The maximum Gasteiger partial charge on any atom is 0.330 e. The van der Waals surface area contributed by atoms with Gasteiger partial charge < -0.3 is 18.9 Å². The lowest BCUT2D eigenvalue weighted by atomic mass is 9.98. The summed E-state index contributed by atoms with van der Waals surface area (Å²) in [5, 5.41) is 2.67. The van der Waals surface area contributed by atoms with Crippen LogP contribution in [0.25, 0.3) is 27.7 Å². The molecule has 1 aliphatic heterocycles. The van der Waals surface area contributed by atoms with Crippen molar-refractivity contribution in [2.45, 2.75) is 27.7 Å². The summed E-state index contributed by atoms with van der Waals surface area (Å²) in [6.45, 7) is 9.94. The summed E-state index contributed by atoms with van der Waals surface area (Å²) in [6, 6.07) is 9.34. The molecule has 1 aromatic carbocycles. The van der Waals surface area contributed by atoms with Crippen molar-refractivity contribution in [3.8, 4) is 17.0 Å². The number of hydroxylamine groups is 2. The van der Waals surface area contributed by atoms with E-state index in [1.54, 1.807) is 22.8 Å². The Kier molecular flexibility index (Phi) is 6.04. The summed E-state index contributed by atoms with van der Waals surface area (Å²) in [4.78, 5) is 29.1. The van der Waals surface area contributed by atoms with Crippen molar-refractivity contribution in [2.75, 3.05) is 38.2 Å². The van der Waals surface area contributed by atoms with Gasteiger partial charge in [-0.3, -0.25) is 0 Å². The highest BCUT2D eigenvalue weighted by atomic mass is 19.1. The maximum atomic E-state index is 14.9. The van der Waals surface area contributed by atoms with Crippen LogP contribution in [-0.4, -0.2) is 58.7 Å². The predicted octanol–water partition coefficient (Wildman–Crippen LogP) is 4.63. The second kappa shape index (κ2) is 9.05. The number of pyridine rings is 2. The van der Waals surface area contributed by atoms with E-state index in [0.717, 1.165) is 27.8 Å². The Morgan fingerprint density at radius 3 is 2.47 bits per heavy atom. The van der Waals surface area contributed by atoms with E-state index in [0.29, 0.717) is 43.3 Å². The van der Waals surface area contributed by atoms with Gasteiger partial charge in [-0.2, -0.15) is 0 Å². The number of hydrogen-bond acceptors (Lipinski definition) is 7. The normalized spacial score (nSPS) is 15.0. The van der Waals surface area contributed by atoms with E-state index >= 15 is 0 Å². The van der Waals surface area contributed by atoms with Crippen LogP contribution in [-0.2, 0) is 9.63 Å². The molecule has 0 bridgehead atoms. The van der Waals surface area contributed by atoms with Gasteiger partial charge in [-0.05, 0) is 45.9 Å². The van der Waals surface area contributed by atoms with E-state index < -0.39 is 5.41 Å². The second-order valence-corrected chi connectivity index (χ2v) is 10.1. The number of halogens is 1. The Hall–Kier alpha value is -3.72. The summed E-state index contributed by atoms with van der Waals surface area (Å²) in [6.07, 6.45) is 3.68. The third-order valence-electron chi connectivity index (χ3n) is 6.36. The molecule has 0 radical (unpaired) electrons. The number of rotatable bonds is 4. The van der Waals surface area contributed by atoms with Gasteiger partial charge in [0.05, 0.1) is 36.8 Å². The van der Waals surface area contributed by atoms with Crippen molar-refractivity contribution in [1.82, 2.24) is 19.4 Å². The molecule has 8 nitrogen and oxygen atoms in total. The molecule has 0 saturated carbocycles. The number of fused-ring (bicyclic) bond motifs is 2. The van der Waals surface area contributed by atoms with Crippen molar-refractivity contribution in [3.63, 3.8) is 0 Å². The van der Waals surface area contributed by atoms with Crippen LogP contribution in [0.1, 0.15) is 26.5 Å². The Bertz CT molecular complexity index is 1450. The van der Waals surface area contributed by atoms with Gasteiger partial charge in [0.15, 0.2) is 11.5 Å². The third kappa shape index (κ3) is 4.46. The number of hydrogen-bond donors (Lipinski definition) is 0. The van der Waals surface area contributed by atoms with Crippen LogP contribution in [0.3, 0.4) is 0 Å². The van der Waals surface area contributed by atoms with Crippen LogP contribution in [0.4, 0.5) is 10.1 Å². The Balaban J connectivity index is 1.49. The molecule has 4 aromatic rings. The summed E-state index contributed by atoms with van der Waals surface area (Å²) in [7, 11) is 1.58. The van der Waals surface area contributed by atoms with E-state index in [2.05, 4.69) is 9.88 Å². The van der Waals surface area contributed by atoms with Crippen LogP contribution in [0, 0.1) is 18.2 Å². The fourth-order valence-corrected chi connectivity index (χ4v) is 4.41. The van der Waals surface area contributed by atoms with Crippen LogP contribution in [0.2, 0.25) is 0 Å². The van der Waals surface area contributed by atoms with Gasteiger partial charge in [0, 0.05) is 53.8 Å². The molecular formula is C27H30FN5O3. The quantitative estimate of drug-likeness (QED) is 0.412. The molecule has 3 aromatic heterocycles. The number of carbonyl (C=O) groups excluding carboxylic acids is 1. The third-order valence-corrected chi connectivity index (χ3v) is 6.36. The molecule has 36 heavy (non-hydrogen) atoms. The zero-order valence-corrected chi connectivity index (χ0v) is 21.2. The number of aromatic nitrogens is 3. The minimum Gasteiger partial charge on any atom is -0.481 e. The fourth-order valence-electron chi connectivity index (χ4n) is 4.41. The van der Waals surface area contributed by atoms with E-state index in [1.807, 2.05) is 58.2 Å². The van der Waals surface area contributed by atoms with Gasteiger partial charge in [-0.1, -0.05) is 6.07 Å². The molecule has 0 amide bonds. The monoisotopic (exact) mass is 491 g/mol. The van der Waals surface area contributed by atoms with E-state index in [4.69, 9.17) is 14.6 Å². The average molecular weight is 492 g/mol. The number of piperazine rings is 1. The average Bonchev–Trinajstić information content (AvgIpc) is 3.23. The van der Waals surface area contributed by atoms with E-state index in [-0.39, 0.29) is 11.8 Å². The first-order chi connectivity index (χ1) is 17.1. The number of nitrogens with zero attached hydrogens (tertiary/aromatic N) is 5. The Morgan fingerprint density at radius 1 is 1.03 bits per heavy atom. The van der Waals surface area contributed by atoms with E-state index in [1.165, 1.54) is 6.07 Å². The highest BCUT2D eigenvalue weighted by Gasteiger charge is 2.28. The van der Waals surface area contributed by atoms with Crippen LogP contribution >= 0.6 is 0 Å². The first-order valence-electron chi connectivity index (χ1n) is 12.0. The largest absolute Gasteiger partial charge is 0.481 e. The first-order valence-corrected chi connectivity index (χ1v) is 12.0. The maximum absolute atomic E-state index is 14.9. The number of benzene rings is 1. The highest BCUT2D eigenvalue weighted by Crippen LogP contribution is 2.36. The molecule has 1 fully saturated rings. The number of aryl methyl sites for hydroxylation is 1. The van der Waals surface area contributed by atoms with Gasteiger partial charge in [0.25, 0.3) is 0 Å². The second-order valence-electron chi connectivity index (χ2n) is 10.1. The highest BCUT2D eigenvalue weighted by molar-refractivity contribution is 6.01. The van der Waals surface area contributed by atoms with Crippen molar-refractivity contribution < 1.29 is 18.8 Å². The number of anilines is 1. The predicted molar refractivity (Wildman–Crippen MR) is 137 cm³/mol. The van der Waals surface area contributed by atoms with Gasteiger partial charge in [-0.15, -0.1) is 5.06 Å². The van der Waals surface area contributed by atoms with Gasteiger partial charge >= 0.3 is 5.97 Å². The molecule has 9 heteroatoms. The van der Waals surface area contributed by atoms with E-state index in [9.17, 15) is 9.18 Å². The summed E-state index contributed by atoms with van der Waals surface area (Å²) < 4.78 is 22.0. The zero-order chi connectivity index (χ0) is 25.6. The molecule has 1 aliphatic rings. The minimum atomic E-state index is -0.550. The molecular weight excluding hydrogens is 461 g/mol. The first kappa shape index (κ1) is 24.0. The Morgan fingerprint density at radius 2 is 1.78 bits per heavy atom. The molecule has 0 aliphatic carbocycles. The lowest BCUT2D eigenvalue weighted by molar-refractivity contribution is -0.201. The summed E-state index contributed by atoms with van der Waals surface area (Å²) in [5.41, 5.74) is 3.75. The summed E-state index contributed by atoms with van der Waals surface area (Å²) in [5.74, 6) is -0.138. The smallest absolute Gasteiger partial charge is 0.330 e. The molecule has 0 atom stereocenters. The topological polar surface area (TPSA) is 72.2 Å². The number of methoxy groups -OCH3 is 1. The minimum absolute atomic E-state index is 0.237. The number of imidazole rings is 1. The molecule has 0 spiro atoms. The molecule has 5 rings (SSSR count). The number of ether oxygens (including phenoxy) is 1.